The van der Waals surface area contributed by atoms with Gasteiger partial charge in [0.05, 0.1) is 6.54 Å². The molecule has 0 aliphatic carbocycles. The third-order valence-electron chi connectivity index (χ3n) is 4.32. The molecular weight excluding hydrogens is 364 g/mol. The standard InChI is InChI=1S/C24H24N2O3/c27-23(16-11-19-7-3-1-4-8-19)25-17-24(28)26-21-12-14-22(15-13-21)29-18-20-9-5-2-6-10-20/h1-10,12-15H,11,16-18H2,(H,25,27)(H,26,28). The van der Waals surface area contributed by atoms with E-state index in [1.807, 2.05) is 60.7 Å². The topological polar surface area (TPSA) is 67.4 Å². The van der Waals surface area contributed by atoms with Crippen LogP contribution in [-0.4, -0.2) is 18.4 Å². The summed E-state index contributed by atoms with van der Waals surface area (Å²) in [4.78, 5) is 23.9. The summed E-state index contributed by atoms with van der Waals surface area (Å²) in [5.74, 6) is 0.311. The van der Waals surface area contributed by atoms with Crippen LogP contribution in [0.3, 0.4) is 0 Å². The van der Waals surface area contributed by atoms with E-state index in [1.165, 1.54) is 0 Å². The van der Waals surface area contributed by atoms with Gasteiger partial charge < -0.3 is 15.4 Å². The Hall–Kier alpha value is -3.60. The van der Waals surface area contributed by atoms with E-state index in [0.717, 1.165) is 16.9 Å². The molecule has 0 aliphatic rings. The first-order chi connectivity index (χ1) is 14.2. The monoisotopic (exact) mass is 388 g/mol. The van der Waals surface area contributed by atoms with Gasteiger partial charge in [0.25, 0.3) is 0 Å². The number of carbonyl (C=O) groups excluding carboxylic acids is 2. The maximum absolute atomic E-state index is 12.0. The fourth-order valence-corrected chi connectivity index (χ4v) is 2.75. The van der Waals surface area contributed by atoms with Gasteiger partial charge in [0.1, 0.15) is 12.4 Å². The van der Waals surface area contributed by atoms with Crippen molar-refractivity contribution in [2.75, 3.05) is 11.9 Å². The van der Waals surface area contributed by atoms with Gasteiger partial charge in [-0.2, -0.15) is 0 Å². The summed E-state index contributed by atoms with van der Waals surface area (Å²) >= 11 is 0. The Labute approximate surface area is 170 Å². The van der Waals surface area contributed by atoms with E-state index in [-0.39, 0.29) is 18.4 Å². The van der Waals surface area contributed by atoms with Crippen molar-refractivity contribution >= 4 is 17.5 Å². The Balaban J connectivity index is 1.37. The molecule has 29 heavy (non-hydrogen) atoms. The molecular formula is C24H24N2O3. The van der Waals surface area contributed by atoms with Crippen LogP contribution < -0.4 is 15.4 Å². The third-order valence-corrected chi connectivity index (χ3v) is 4.32. The van der Waals surface area contributed by atoms with Crippen LogP contribution in [0.15, 0.2) is 84.9 Å². The molecule has 0 aliphatic heterocycles. The van der Waals surface area contributed by atoms with Crippen LogP contribution in [0.2, 0.25) is 0 Å². The zero-order valence-corrected chi connectivity index (χ0v) is 16.1. The highest BCUT2D eigenvalue weighted by Gasteiger charge is 2.07. The number of ether oxygens (including phenoxy) is 1. The summed E-state index contributed by atoms with van der Waals surface area (Å²) in [5.41, 5.74) is 2.84. The van der Waals surface area contributed by atoms with Crippen LogP contribution >= 0.6 is 0 Å². The van der Waals surface area contributed by atoms with Crippen LogP contribution in [0.1, 0.15) is 17.5 Å². The second kappa shape index (κ2) is 10.7. The van der Waals surface area contributed by atoms with Crippen LogP contribution in [0, 0.1) is 0 Å². The lowest BCUT2D eigenvalue weighted by atomic mass is 10.1. The van der Waals surface area contributed by atoms with E-state index in [2.05, 4.69) is 10.6 Å². The number of aryl methyl sites for hydroxylation is 1. The average molecular weight is 388 g/mol. The molecule has 0 bridgehead atoms. The number of hydrogen-bond acceptors (Lipinski definition) is 3. The minimum Gasteiger partial charge on any atom is -0.489 e. The van der Waals surface area contributed by atoms with Crippen molar-refractivity contribution in [3.8, 4) is 5.75 Å². The Kier molecular flexibility index (Phi) is 7.41. The first kappa shape index (κ1) is 20.1. The second-order valence-electron chi connectivity index (χ2n) is 6.61. The molecule has 148 valence electrons. The van der Waals surface area contributed by atoms with Gasteiger partial charge in [-0.25, -0.2) is 0 Å². The normalized spacial score (nSPS) is 10.2. The van der Waals surface area contributed by atoms with Gasteiger partial charge in [0, 0.05) is 12.1 Å². The van der Waals surface area contributed by atoms with Gasteiger partial charge in [-0.05, 0) is 41.8 Å². The first-order valence-corrected chi connectivity index (χ1v) is 9.56. The molecule has 2 N–H and O–H groups in total. The largest absolute Gasteiger partial charge is 0.489 e. The number of rotatable bonds is 9. The van der Waals surface area contributed by atoms with Crippen molar-refractivity contribution < 1.29 is 14.3 Å². The summed E-state index contributed by atoms with van der Waals surface area (Å²) in [5, 5.41) is 5.41. The zero-order valence-electron chi connectivity index (χ0n) is 16.1. The van der Waals surface area contributed by atoms with Crippen molar-refractivity contribution in [2.45, 2.75) is 19.4 Å². The Bertz CT molecular complexity index is 910. The van der Waals surface area contributed by atoms with Crippen LogP contribution in [0.25, 0.3) is 0 Å². The summed E-state index contributed by atoms with van der Waals surface area (Å²) in [6.45, 7) is 0.432. The summed E-state index contributed by atoms with van der Waals surface area (Å²) in [7, 11) is 0. The molecule has 2 amide bonds. The average Bonchev–Trinajstić information content (AvgIpc) is 2.77. The van der Waals surface area contributed by atoms with Gasteiger partial charge in [0.15, 0.2) is 0 Å². The number of benzene rings is 3. The van der Waals surface area contributed by atoms with Crippen molar-refractivity contribution in [1.29, 1.82) is 0 Å². The van der Waals surface area contributed by atoms with Crippen LogP contribution in [-0.2, 0) is 22.6 Å². The summed E-state index contributed by atoms with van der Waals surface area (Å²) < 4.78 is 5.72. The fraction of sp³-hybridized carbons (Fsp3) is 0.167. The number of hydrogen-bond donors (Lipinski definition) is 2. The molecule has 5 nitrogen and oxygen atoms in total. The van der Waals surface area contributed by atoms with Gasteiger partial charge in [-0.1, -0.05) is 60.7 Å². The predicted molar refractivity (Wildman–Crippen MR) is 114 cm³/mol. The van der Waals surface area contributed by atoms with Gasteiger partial charge in [-0.15, -0.1) is 0 Å². The minimum atomic E-state index is -0.268. The van der Waals surface area contributed by atoms with E-state index in [0.29, 0.717) is 25.1 Å². The molecule has 3 aromatic rings. The molecule has 0 atom stereocenters. The molecule has 3 rings (SSSR count). The number of nitrogens with one attached hydrogen (secondary N) is 2. The lowest BCUT2D eigenvalue weighted by molar-refractivity contribution is -0.124. The highest BCUT2D eigenvalue weighted by Crippen LogP contribution is 2.17. The van der Waals surface area contributed by atoms with Crippen molar-refractivity contribution in [3.63, 3.8) is 0 Å². The fourth-order valence-electron chi connectivity index (χ4n) is 2.75. The van der Waals surface area contributed by atoms with E-state index in [9.17, 15) is 9.59 Å². The maximum Gasteiger partial charge on any atom is 0.243 e. The Morgan fingerprint density at radius 1 is 0.724 bits per heavy atom. The SMILES string of the molecule is O=C(CCc1ccccc1)NCC(=O)Nc1ccc(OCc2ccccc2)cc1. The van der Waals surface area contributed by atoms with E-state index >= 15 is 0 Å². The van der Waals surface area contributed by atoms with E-state index in [4.69, 9.17) is 4.74 Å². The second-order valence-corrected chi connectivity index (χ2v) is 6.61. The molecule has 5 heteroatoms. The quantitative estimate of drug-likeness (QED) is 0.583. The summed E-state index contributed by atoms with van der Waals surface area (Å²) in [6, 6.07) is 26.8. The van der Waals surface area contributed by atoms with Crippen molar-refractivity contribution in [1.82, 2.24) is 5.32 Å². The molecule has 0 saturated carbocycles. The van der Waals surface area contributed by atoms with E-state index < -0.39 is 0 Å². The molecule has 0 aromatic heterocycles. The number of carbonyl (C=O) groups is 2. The first-order valence-electron chi connectivity index (χ1n) is 9.56. The van der Waals surface area contributed by atoms with Gasteiger partial charge >= 0.3 is 0 Å². The lowest BCUT2D eigenvalue weighted by Gasteiger charge is -2.09. The Morgan fingerprint density at radius 2 is 1.34 bits per heavy atom. The third kappa shape index (κ3) is 7.14. The van der Waals surface area contributed by atoms with Crippen molar-refractivity contribution in [2.24, 2.45) is 0 Å². The number of amides is 2. The highest BCUT2D eigenvalue weighted by molar-refractivity contribution is 5.94. The van der Waals surface area contributed by atoms with Gasteiger partial charge in [-0.3, -0.25) is 9.59 Å². The zero-order chi connectivity index (χ0) is 20.3. The predicted octanol–water partition coefficient (Wildman–Crippen LogP) is 3.95. The molecule has 0 fully saturated rings. The van der Waals surface area contributed by atoms with Gasteiger partial charge in [0.2, 0.25) is 11.8 Å². The molecule has 0 unspecified atom stereocenters. The van der Waals surface area contributed by atoms with Crippen molar-refractivity contribution in [3.05, 3.63) is 96.1 Å². The minimum absolute atomic E-state index is 0.0557. The molecule has 0 spiro atoms. The van der Waals surface area contributed by atoms with E-state index in [1.54, 1.807) is 24.3 Å². The highest BCUT2D eigenvalue weighted by atomic mass is 16.5. The number of anilines is 1. The smallest absolute Gasteiger partial charge is 0.243 e. The molecule has 0 saturated heterocycles. The lowest BCUT2D eigenvalue weighted by Crippen LogP contribution is -2.32. The van der Waals surface area contributed by atoms with Crippen LogP contribution in [0.4, 0.5) is 5.69 Å². The summed E-state index contributed by atoms with van der Waals surface area (Å²) in [6.07, 6.45) is 1.00. The van der Waals surface area contributed by atoms with Crippen LogP contribution in [0.5, 0.6) is 5.75 Å². The molecule has 0 heterocycles. The molecule has 3 aromatic carbocycles. The molecule has 0 radical (unpaired) electrons. The maximum atomic E-state index is 12.0. The Morgan fingerprint density at radius 3 is 2.00 bits per heavy atom.